The van der Waals surface area contributed by atoms with Crippen LogP contribution in [0.4, 0.5) is 0 Å². The summed E-state index contributed by atoms with van der Waals surface area (Å²) in [6.45, 7) is 1.83. The number of fused-ring (bicyclic) bond motifs is 1. The fourth-order valence-corrected chi connectivity index (χ4v) is 2.46. The number of carboxylic acid groups (broad SMARTS) is 1. The summed E-state index contributed by atoms with van der Waals surface area (Å²) in [4.78, 5) is 15.3. The van der Waals surface area contributed by atoms with Gasteiger partial charge in [-0.2, -0.15) is 0 Å². The second-order valence-electron chi connectivity index (χ2n) is 5.01. The zero-order chi connectivity index (χ0) is 14.8. The van der Waals surface area contributed by atoms with Gasteiger partial charge in [0.2, 0.25) is 0 Å². The van der Waals surface area contributed by atoms with E-state index >= 15 is 0 Å². The summed E-state index contributed by atoms with van der Waals surface area (Å²) in [6.07, 6.45) is 0.424. The van der Waals surface area contributed by atoms with Crippen molar-refractivity contribution in [3.63, 3.8) is 0 Å². The average Bonchev–Trinajstić information content (AvgIpc) is 2.48. The molecule has 1 aliphatic rings. The second kappa shape index (κ2) is 5.40. The van der Waals surface area contributed by atoms with Gasteiger partial charge in [0.15, 0.2) is 6.04 Å². The predicted octanol–water partition coefficient (Wildman–Crippen LogP) is 3.30. The summed E-state index contributed by atoms with van der Waals surface area (Å²) in [5.74, 6) is 0.610. The van der Waals surface area contributed by atoms with Gasteiger partial charge in [0.1, 0.15) is 11.5 Å². The largest absolute Gasteiger partial charge is 0.480 e. The van der Waals surface area contributed by atoms with E-state index in [1.54, 1.807) is 0 Å². The molecule has 1 N–H and O–H groups in total. The van der Waals surface area contributed by atoms with Crippen LogP contribution in [-0.4, -0.2) is 22.8 Å². The molecule has 0 amide bonds. The van der Waals surface area contributed by atoms with Gasteiger partial charge >= 0.3 is 5.97 Å². The molecule has 3 rings (SSSR count). The molecule has 0 bridgehead atoms. The Balaban J connectivity index is 1.89. The third kappa shape index (κ3) is 2.79. The summed E-state index contributed by atoms with van der Waals surface area (Å²) in [5, 5.41) is 9.10. The van der Waals surface area contributed by atoms with Crippen LogP contribution in [0.3, 0.4) is 0 Å². The van der Waals surface area contributed by atoms with Crippen molar-refractivity contribution in [3.05, 3.63) is 59.7 Å². The number of aliphatic imine (C=N–C) groups is 1. The number of benzene rings is 2. The van der Waals surface area contributed by atoms with E-state index < -0.39 is 12.0 Å². The lowest BCUT2D eigenvalue weighted by Crippen LogP contribution is -2.26. The molecule has 1 atom stereocenters. The standard InChI is InChI=1S/C17H15NO3/c1-11-15-10-14(21-13-5-3-2-4-6-13)8-7-12(15)9-16(18-11)17(19)20/h2-8,10,16H,9H2,1H3,(H,19,20). The fourth-order valence-electron chi connectivity index (χ4n) is 2.46. The molecule has 0 radical (unpaired) electrons. The first-order chi connectivity index (χ1) is 10.1. The Bertz CT molecular complexity index is 707. The van der Waals surface area contributed by atoms with Crippen molar-refractivity contribution in [2.45, 2.75) is 19.4 Å². The third-order valence-corrected chi connectivity index (χ3v) is 3.50. The number of hydrogen-bond donors (Lipinski definition) is 1. The summed E-state index contributed by atoms with van der Waals surface area (Å²) >= 11 is 0. The molecule has 1 aliphatic heterocycles. The number of hydrogen-bond acceptors (Lipinski definition) is 3. The molecule has 106 valence electrons. The highest BCUT2D eigenvalue weighted by molar-refractivity contribution is 6.02. The van der Waals surface area contributed by atoms with E-state index in [0.29, 0.717) is 6.42 Å². The Kier molecular flexibility index (Phi) is 3.44. The van der Waals surface area contributed by atoms with Crippen LogP contribution < -0.4 is 4.74 Å². The van der Waals surface area contributed by atoms with E-state index in [-0.39, 0.29) is 0 Å². The molecule has 0 saturated heterocycles. The smallest absolute Gasteiger partial charge is 0.328 e. The van der Waals surface area contributed by atoms with Gasteiger partial charge in [-0.3, -0.25) is 4.99 Å². The van der Waals surface area contributed by atoms with Crippen LogP contribution in [0, 0.1) is 0 Å². The first-order valence-corrected chi connectivity index (χ1v) is 6.77. The molecule has 0 saturated carbocycles. The molecule has 0 fully saturated rings. The molecule has 0 aliphatic carbocycles. The van der Waals surface area contributed by atoms with Crippen LogP contribution in [0.2, 0.25) is 0 Å². The SMILES string of the molecule is CC1=NC(C(=O)O)Cc2ccc(Oc3ccccc3)cc21. The number of carboxylic acids is 1. The molecule has 1 heterocycles. The molecule has 4 heteroatoms. The van der Waals surface area contributed by atoms with Crippen LogP contribution in [0.1, 0.15) is 18.1 Å². The Morgan fingerprint density at radius 3 is 2.67 bits per heavy atom. The van der Waals surface area contributed by atoms with E-state index in [9.17, 15) is 4.79 Å². The van der Waals surface area contributed by atoms with Crippen molar-refractivity contribution in [3.8, 4) is 11.5 Å². The summed E-state index contributed by atoms with van der Waals surface area (Å²) in [6, 6.07) is 14.6. The number of rotatable bonds is 3. The number of nitrogens with zero attached hydrogens (tertiary/aromatic N) is 1. The van der Waals surface area contributed by atoms with E-state index in [0.717, 1.165) is 28.3 Å². The van der Waals surface area contributed by atoms with Gasteiger partial charge in [-0.25, -0.2) is 4.79 Å². The molecule has 21 heavy (non-hydrogen) atoms. The minimum absolute atomic E-state index is 0.424. The Morgan fingerprint density at radius 1 is 1.19 bits per heavy atom. The quantitative estimate of drug-likeness (QED) is 0.939. The highest BCUT2D eigenvalue weighted by Gasteiger charge is 2.24. The van der Waals surface area contributed by atoms with Crippen molar-refractivity contribution in [1.29, 1.82) is 0 Å². The zero-order valence-electron chi connectivity index (χ0n) is 11.6. The lowest BCUT2D eigenvalue weighted by molar-refractivity contribution is -0.138. The molecule has 4 nitrogen and oxygen atoms in total. The lowest BCUT2D eigenvalue weighted by atomic mass is 9.94. The van der Waals surface area contributed by atoms with Crippen molar-refractivity contribution in [2.75, 3.05) is 0 Å². The van der Waals surface area contributed by atoms with Crippen LogP contribution in [0.15, 0.2) is 53.5 Å². The van der Waals surface area contributed by atoms with Crippen LogP contribution in [0.5, 0.6) is 11.5 Å². The first-order valence-electron chi connectivity index (χ1n) is 6.77. The average molecular weight is 281 g/mol. The molecule has 1 unspecified atom stereocenters. The normalized spacial score (nSPS) is 16.8. The molecule has 0 aromatic heterocycles. The van der Waals surface area contributed by atoms with Gasteiger partial charge in [0.05, 0.1) is 0 Å². The predicted molar refractivity (Wildman–Crippen MR) is 80.3 cm³/mol. The fraction of sp³-hybridized carbons (Fsp3) is 0.176. The Morgan fingerprint density at radius 2 is 1.95 bits per heavy atom. The maximum absolute atomic E-state index is 11.1. The number of para-hydroxylation sites is 1. The molecule has 0 spiro atoms. The minimum Gasteiger partial charge on any atom is -0.480 e. The summed E-state index contributed by atoms with van der Waals surface area (Å²) in [7, 11) is 0. The van der Waals surface area contributed by atoms with Crippen molar-refractivity contribution >= 4 is 11.7 Å². The van der Waals surface area contributed by atoms with Crippen LogP contribution in [0.25, 0.3) is 0 Å². The van der Waals surface area contributed by atoms with Gasteiger partial charge in [0, 0.05) is 17.7 Å². The van der Waals surface area contributed by atoms with Crippen molar-refractivity contribution in [1.82, 2.24) is 0 Å². The zero-order valence-corrected chi connectivity index (χ0v) is 11.6. The topological polar surface area (TPSA) is 58.9 Å². The van der Waals surface area contributed by atoms with Crippen LogP contribution in [-0.2, 0) is 11.2 Å². The summed E-state index contributed by atoms with van der Waals surface area (Å²) in [5.41, 5.74) is 2.69. The Labute approximate surface area is 122 Å². The van der Waals surface area contributed by atoms with Gasteiger partial charge in [-0.15, -0.1) is 0 Å². The van der Waals surface area contributed by atoms with Gasteiger partial charge in [0.25, 0.3) is 0 Å². The highest BCUT2D eigenvalue weighted by Crippen LogP contribution is 2.27. The highest BCUT2D eigenvalue weighted by atomic mass is 16.5. The van der Waals surface area contributed by atoms with Gasteiger partial charge in [-0.05, 0) is 36.8 Å². The van der Waals surface area contributed by atoms with E-state index in [1.165, 1.54) is 0 Å². The van der Waals surface area contributed by atoms with E-state index in [2.05, 4.69) is 4.99 Å². The van der Waals surface area contributed by atoms with E-state index in [4.69, 9.17) is 9.84 Å². The Hall–Kier alpha value is -2.62. The second-order valence-corrected chi connectivity index (χ2v) is 5.01. The number of ether oxygens (including phenoxy) is 1. The minimum atomic E-state index is -0.885. The van der Waals surface area contributed by atoms with Gasteiger partial charge in [-0.1, -0.05) is 24.3 Å². The molecular weight excluding hydrogens is 266 g/mol. The maximum atomic E-state index is 11.1. The van der Waals surface area contributed by atoms with Crippen molar-refractivity contribution < 1.29 is 14.6 Å². The molecule has 2 aromatic rings. The lowest BCUT2D eigenvalue weighted by Gasteiger charge is -2.20. The van der Waals surface area contributed by atoms with Gasteiger partial charge < -0.3 is 9.84 Å². The first kappa shape index (κ1) is 13.4. The van der Waals surface area contributed by atoms with Crippen molar-refractivity contribution in [2.24, 2.45) is 4.99 Å². The number of carbonyl (C=O) groups is 1. The maximum Gasteiger partial charge on any atom is 0.328 e. The van der Waals surface area contributed by atoms with Crippen LogP contribution >= 0.6 is 0 Å². The summed E-state index contributed by atoms with van der Waals surface area (Å²) < 4.78 is 5.80. The van der Waals surface area contributed by atoms with E-state index in [1.807, 2.05) is 55.5 Å². The molecule has 2 aromatic carbocycles. The molecular formula is C17H15NO3. The number of aliphatic carboxylic acids is 1. The monoisotopic (exact) mass is 281 g/mol. The third-order valence-electron chi connectivity index (χ3n) is 3.50.